The van der Waals surface area contributed by atoms with Gasteiger partial charge in [0.2, 0.25) is 5.91 Å². The van der Waals surface area contributed by atoms with Gasteiger partial charge in [0.25, 0.3) is 0 Å². The third kappa shape index (κ3) is 1.64. The zero-order valence-corrected chi connectivity index (χ0v) is 9.73. The van der Waals surface area contributed by atoms with E-state index in [-0.39, 0.29) is 11.9 Å². The van der Waals surface area contributed by atoms with Gasteiger partial charge in [-0.05, 0) is 31.0 Å². The Balaban J connectivity index is 1.96. The number of benzene rings is 1. The number of hydrogen-bond donors (Lipinski definition) is 2. The molecule has 2 fully saturated rings. The lowest BCUT2D eigenvalue weighted by atomic mass is 10.1. The van der Waals surface area contributed by atoms with Crippen molar-refractivity contribution in [3.63, 3.8) is 0 Å². The number of anilines is 1. The Morgan fingerprint density at radius 1 is 1.41 bits per heavy atom. The lowest BCUT2D eigenvalue weighted by molar-refractivity contribution is -0.119. The molecule has 2 bridgehead atoms. The van der Waals surface area contributed by atoms with Crippen molar-refractivity contribution in [3.8, 4) is 0 Å². The number of nitrogens with one attached hydrogen (secondary N) is 1. The number of rotatable bonds is 3. The van der Waals surface area contributed by atoms with Gasteiger partial charge in [0.05, 0.1) is 12.1 Å². The lowest BCUT2D eigenvalue weighted by Crippen LogP contribution is -2.48. The van der Waals surface area contributed by atoms with Gasteiger partial charge in [0.15, 0.2) is 0 Å². The van der Waals surface area contributed by atoms with E-state index in [1.54, 1.807) is 0 Å². The summed E-state index contributed by atoms with van der Waals surface area (Å²) >= 11 is 0. The smallest absolute Gasteiger partial charge is 0.244 e. The number of nitrogens with two attached hydrogens (primary N) is 1. The van der Waals surface area contributed by atoms with Gasteiger partial charge in [-0.15, -0.1) is 0 Å². The zero-order chi connectivity index (χ0) is 11.8. The van der Waals surface area contributed by atoms with Crippen LogP contribution < -0.4 is 16.0 Å². The van der Waals surface area contributed by atoms with Crippen molar-refractivity contribution in [2.24, 2.45) is 5.73 Å². The topological polar surface area (TPSA) is 58.4 Å². The molecule has 3 N–H and O–H groups in total. The molecule has 0 aromatic heterocycles. The van der Waals surface area contributed by atoms with E-state index in [4.69, 9.17) is 5.73 Å². The van der Waals surface area contributed by atoms with Crippen LogP contribution in [0.15, 0.2) is 24.3 Å². The third-order valence-corrected chi connectivity index (χ3v) is 3.67. The van der Waals surface area contributed by atoms with Gasteiger partial charge in [-0.1, -0.05) is 18.2 Å². The standard InChI is InChI=1S/C13H17N3O/c14-6-5-9-3-1-2-4-12(9)16-10-7-11(13(16)17)15-8-10/h1-4,10-11,15H,5-8,14H2. The molecule has 1 amide bonds. The molecular formula is C13H17N3O. The van der Waals surface area contributed by atoms with E-state index < -0.39 is 0 Å². The maximum Gasteiger partial charge on any atom is 0.244 e. The minimum absolute atomic E-state index is 0.0333. The first-order chi connectivity index (χ1) is 8.31. The van der Waals surface area contributed by atoms with E-state index in [9.17, 15) is 4.79 Å². The molecular weight excluding hydrogens is 214 g/mol. The largest absolute Gasteiger partial charge is 0.330 e. The third-order valence-electron chi connectivity index (χ3n) is 3.67. The molecule has 2 saturated heterocycles. The fraction of sp³-hybridized carbons (Fsp3) is 0.462. The van der Waals surface area contributed by atoms with E-state index in [1.165, 1.54) is 5.56 Å². The Labute approximate surface area is 101 Å². The maximum atomic E-state index is 12.2. The van der Waals surface area contributed by atoms with Crippen LogP contribution in [0.25, 0.3) is 0 Å². The molecule has 0 spiro atoms. The predicted octanol–water partition coefficient (Wildman–Crippen LogP) is 0.265. The average molecular weight is 231 g/mol. The molecule has 90 valence electrons. The first-order valence-corrected chi connectivity index (χ1v) is 6.15. The highest BCUT2D eigenvalue weighted by atomic mass is 16.2. The van der Waals surface area contributed by atoms with Crippen LogP contribution in [-0.2, 0) is 11.2 Å². The quantitative estimate of drug-likeness (QED) is 0.785. The van der Waals surface area contributed by atoms with Gasteiger partial charge in [0, 0.05) is 12.2 Å². The van der Waals surface area contributed by atoms with Crippen LogP contribution in [0, 0.1) is 0 Å². The van der Waals surface area contributed by atoms with Crippen LogP contribution in [0.2, 0.25) is 0 Å². The Bertz CT molecular complexity index is 446. The summed E-state index contributed by atoms with van der Waals surface area (Å²) in [6, 6.07) is 8.45. The second kappa shape index (κ2) is 4.13. The summed E-state index contributed by atoms with van der Waals surface area (Å²) in [6.07, 6.45) is 1.76. The van der Waals surface area contributed by atoms with E-state index in [0.29, 0.717) is 12.6 Å². The van der Waals surface area contributed by atoms with Crippen molar-refractivity contribution in [1.82, 2.24) is 5.32 Å². The number of piperazine rings is 1. The van der Waals surface area contributed by atoms with E-state index in [0.717, 1.165) is 25.1 Å². The fourth-order valence-electron chi connectivity index (χ4n) is 2.88. The molecule has 4 heteroatoms. The van der Waals surface area contributed by atoms with E-state index in [1.807, 2.05) is 23.1 Å². The SMILES string of the molecule is NCCc1ccccc1N1C(=O)C2CC1CN2. The van der Waals surface area contributed by atoms with Gasteiger partial charge in [0.1, 0.15) is 0 Å². The maximum absolute atomic E-state index is 12.2. The summed E-state index contributed by atoms with van der Waals surface area (Å²) in [5.74, 6) is 0.214. The van der Waals surface area contributed by atoms with E-state index >= 15 is 0 Å². The fourth-order valence-corrected chi connectivity index (χ4v) is 2.88. The van der Waals surface area contributed by atoms with Gasteiger partial charge in [-0.3, -0.25) is 4.79 Å². The van der Waals surface area contributed by atoms with Crippen LogP contribution in [-0.4, -0.2) is 31.1 Å². The molecule has 2 aliphatic rings. The Hall–Kier alpha value is -1.39. The summed E-state index contributed by atoms with van der Waals surface area (Å²) in [4.78, 5) is 14.1. The number of carbonyl (C=O) groups excluding carboxylic acids is 1. The molecule has 2 aliphatic heterocycles. The summed E-state index contributed by atoms with van der Waals surface area (Å²) in [6.45, 7) is 1.53. The van der Waals surface area contributed by atoms with Crippen LogP contribution in [0.1, 0.15) is 12.0 Å². The number of amides is 1. The molecule has 2 atom stereocenters. The second-order valence-electron chi connectivity index (χ2n) is 4.73. The van der Waals surface area contributed by atoms with Crippen LogP contribution in [0.5, 0.6) is 0 Å². The lowest BCUT2D eigenvalue weighted by Gasteiger charge is -2.29. The van der Waals surface area contributed by atoms with Crippen molar-refractivity contribution in [1.29, 1.82) is 0 Å². The molecule has 3 rings (SSSR count). The van der Waals surface area contributed by atoms with Crippen LogP contribution in [0.4, 0.5) is 5.69 Å². The second-order valence-corrected chi connectivity index (χ2v) is 4.73. The van der Waals surface area contributed by atoms with Crippen molar-refractivity contribution in [2.75, 3.05) is 18.0 Å². The highest BCUT2D eigenvalue weighted by Crippen LogP contribution is 2.32. The predicted molar refractivity (Wildman–Crippen MR) is 66.9 cm³/mol. The molecule has 4 nitrogen and oxygen atoms in total. The molecule has 2 heterocycles. The number of para-hydroxylation sites is 1. The number of fused-ring (bicyclic) bond motifs is 2. The Kier molecular flexibility index (Phi) is 2.61. The molecule has 0 radical (unpaired) electrons. The van der Waals surface area contributed by atoms with E-state index in [2.05, 4.69) is 11.4 Å². The molecule has 1 aromatic carbocycles. The molecule has 2 unspecified atom stereocenters. The zero-order valence-electron chi connectivity index (χ0n) is 9.73. The Morgan fingerprint density at radius 3 is 2.94 bits per heavy atom. The highest BCUT2D eigenvalue weighted by Gasteiger charge is 2.45. The molecule has 1 aromatic rings. The van der Waals surface area contributed by atoms with Crippen molar-refractivity contribution in [2.45, 2.75) is 24.9 Å². The highest BCUT2D eigenvalue weighted by molar-refractivity contribution is 6.01. The summed E-state index contributed by atoms with van der Waals surface area (Å²) in [7, 11) is 0. The van der Waals surface area contributed by atoms with Gasteiger partial charge < -0.3 is 16.0 Å². The molecule has 17 heavy (non-hydrogen) atoms. The van der Waals surface area contributed by atoms with Gasteiger partial charge >= 0.3 is 0 Å². The van der Waals surface area contributed by atoms with Crippen LogP contribution >= 0.6 is 0 Å². The summed E-state index contributed by atoms with van der Waals surface area (Å²) in [5, 5.41) is 3.24. The minimum atomic E-state index is 0.0333. The number of hydrogen-bond acceptors (Lipinski definition) is 3. The number of nitrogens with zero attached hydrogens (tertiary/aromatic N) is 1. The van der Waals surface area contributed by atoms with Gasteiger partial charge in [-0.2, -0.15) is 0 Å². The summed E-state index contributed by atoms with van der Waals surface area (Å²) in [5.41, 5.74) is 7.85. The van der Waals surface area contributed by atoms with Gasteiger partial charge in [-0.25, -0.2) is 0 Å². The first-order valence-electron chi connectivity index (χ1n) is 6.15. The van der Waals surface area contributed by atoms with Crippen molar-refractivity contribution < 1.29 is 4.79 Å². The summed E-state index contributed by atoms with van der Waals surface area (Å²) < 4.78 is 0. The van der Waals surface area contributed by atoms with Crippen LogP contribution in [0.3, 0.4) is 0 Å². The normalized spacial score (nSPS) is 26.9. The minimum Gasteiger partial charge on any atom is -0.330 e. The number of carbonyl (C=O) groups is 1. The monoisotopic (exact) mass is 231 g/mol. The Morgan fingerprint density at radius 2 is 2.24 bits per heavy atom. The van der Waals surface area contributed by atoms with Crippen molar-refractivity contribution >= 4 is 11.6 Å². The first kappa shape index (κ1) is 10.7. The molecule has 0 saturated carbocycles. The molecule has 0 aliphatic carbocycles. The van der Waals surface area contributed by atoms with Crippen molar-refractivity contribution in [3.05, 3.63) is 29.8 Å². The average Bonchev–Trinajstić information content (AvgIpc) is 2.91.